The molecule has 2 aromatic rings. The van der Waals surface area contributed by atoms with E-state index in [2.05, 4.69) is 40.2 Å². The lowest BCUT2D eigenvalue weighted by Crippen LogP contribution is -2.46. The van der Waals surface area contributed by atoms with Gasteiger partial charge in [-0.3, -0.25) is 0 Å². The second kappa shape index (κ2) is 7.46. The van der Waals surface area contributed by atoms with E-state index in [4.69, 9.17) is 5.26 Å². The Labute approximate surface area is 143 Å². The van der Waals surface area contributed by atoms with Crippen molar-refractivity contribution in [3.05, 3.63) is 59.8 Å². The number of aliphatic hydroxyl groups excluding tert-OH is 1. The second-order valence-corrected chi connectivity index (χ2v) is 6.68. The largest absolute Gasteiger partial charge is 0.396 e. The summed E-state index contributed by atoms with van der Waals surface area (Å²) in [7, 11) is 0. The molecule has 2 heterocycles. The lowest BCUT2D eigenvalue weighted by atomic mass is 9.76. The molecule has 0 radical (unpaired) electrons. The zero-order valence-electron chi connectivity index (χ0n) is 13.9. The number of aliphatic hydroxyl groups is 1. The Kier molecular flexibility index (Phi) is 5.12. The molecule has 4 nitrogen and oxygen atoms in total. The zero-order valence-corrected chi connectivity index (χ0v) is 13.9. The molecule has 1 aliphatic rings. The van der Waals surface area contributed by atoms with Crippen LogP contribution in [0.3, 0.4) is 0 Å². The summed E-state index contributed by atoms with van der Waals surface area (Å²) in [6.45, 7) is 1.90. The maximum absolute atomic E-state index is 10.1. The number of pyridine rings is 1. The smallest absolute Gasteiger partial charge is 0.129 e. The first-order chi connectivity index (χ1) is 11.7. The molecule has 1 aromatic carbocycles. The molecule has 1 N–H and O–H groups in total. The summed E-state index contributed by atoms with van der Waals surface area (Å²) in [6, 6.07) is 16.2. The molecule has 3 rings (SSSR count). The highest BCUT2D eigenvalue weighted by atomic mass is 16.3. The first kappa shape index (κ1) is 16.5. The number of piperidine rings is 1. The monoisotopic (exact) mass is 321 g/mol. The fourth-order valence-corrected chi connectivity index (χ4v) is 3.53. The van der Waals surface area contributed by atoms with E-state index in [0.29, 0.717) is 5.56 Å². The van der Waals surface area contributed by atoms with Gasteiger partial charge in [-0.2, -0.15) is 5.26 Å². The third-order valence-corrected chi connectivity index (χ3v) is 4.98. The van der Waals surface area contributed by atoms with Crippen molar-refractivity contribution in [1.82, 2.24) is 4.98 Å². The number of aryl methyl sites for hydroxylation is 1. The molecule has 124 valence electrons. The fourth-order valence-electron chi connectivity index (χ4n) is 3.53. The van der Waals surface area contributed by atoms with Crippen LogP contribution in [0.1, 0.15) is 30.4 Å². The van der Waals surface area contributed by atoms with Crippen molar-refractivity contribution in [3.8, 4) is 6.07 Å². The van der Waals surface area contributed by atoms with Crippen molar-refractivity contribution >= 4 is 5.82 Å². The van der Waals surface area contributed by atoms with Crippen molar-refractivity contribution in [3.63, 3.8) is 0 Å². The Balaban J connectivity index is 1.73. The lowest BCUT2D eigenvalue weighted by Gasteiger charge is -2.42. The number of anilines is 1. The van der Waals surface area contributed by atoms with Gasteiger partial charge in [0, 0.05) is 24.7 Å². The van der Waals surface area contributed by atoms with Gasteiger partial charge in [0.15, 0.2) is 0 Å². The molecule has 0 saturated carbocycles. The van der Waals surface area contributed by atoms with Gasteiger partial charge >= 0.3 is 0 Å². The van der Waals surface area contributed by atoms with E-state index in [-0.39, 0.29) is 12.0 Å². The van der Waals surface area contributed by atoms with Crippen LogP contribution < -0.4 is 4.90 Å². The number of nitriles is 1. The normalized spacial score (nSPS) is 20.6. The maximum Gasteiger partial charge on any atom is 0.129 e. The average Bonchev–Trinajstić information content (AvgIpc) is 2.67. The van der Waals surface area contributed by atoms with Crippen LogP contribution in [0.25, 0.3) is 0 Å². The molecule has 1 fully saturated rings. The minimum absolute atomic E-state index is 0.0988. The van der Waals surface area contributed by atoms with Crippen LogP contribution in [0.15, 0.2) is 48.7 Å². The van der Waals surface area contributed by atoms with E-state index in [9.17, 15) is 5.11 Å². The van der Waals surface area contributed by atoms with E-state index in [1.54, 1.807) is 12.3 Å². The summed E-state index contributed by atoms with van der Waals surface area (Å²) in [6.07, 6.45) is 5.69. The average molecular weight is 321 g/mol. The minimum atomic E-state index is -0.0988. The Morgan fingerprint density at radius 3 is 2.83 bits per heavy atom. The van der Waals surface area contributed by atoms with Gasteiger partial charge in [-0.1, -0.05) is 30.3 Å². The van der Waals surface area contributed by atoms with Gasteiger partial charge in [0.2, 0.25) is 0 Å². The van der Waals surface area contributed by atoms with Gasteiger partial charge in [0.25, 0.3) is 0 Å². The number of hydrogen-bond acceptors (Lipinski definition) is 4. The summed E-state index contributed by atoms with van der Waals surface area (Å²) in [4.78, 5) is 6.64. The molecule has 4 heteroatoms. The molecule has 1 saturated heterocycles. The molecule has 0 spiro atoms. The molecule has 0 bridgehead atoms. The predicted molar refractivity (Wildman–Crippen MR) is 94.7 cm³/mol. The van der Waals surface area contributed by atoms with E-state index in [0.717, 1.165) is 44.6 Å². The Morgan fingerprint density at radius 2 is 2.08 bits per heavy atom. The summed E-state index contributed by atoms with van der Waals surface area (Å²) in [5, 5.41) is 19.2. The second-order valence-electron chi connectivity index (χ2n) is 6.68. The van der Waals surface area contributed by atoms with Crippen molar-refractivity contribution in [2.45, 2.75) is 25.7 Å². The highest BCUT2D eigenvalue weighted by molar-refractivity contribution is 5.45. The zero-order chi connectivity index (χ0) is 16.8. The molecule has 1 aliphatic heterocycles. The topological polar surface area (TPSA) is 60.2 Å². The van der Waals surface area contributed by atoms with Crippen LogP contribution in [0.5, 0.6) is 0 Å². The number of benzene rings is 1. The van der Waals surface area contributed by atoms with E-state index < -0.39 is 0 Å². The van der Waals surface area contributed by atoms with Crippen molar-refractivity contribution < 1.29 is 5.11 Å². The van der Waals surface area contributed by atoms with Crippen LogP contribution in [-0.4, -0.2) is 29.8 Å². The van der Waals surface area contributed by atoms with Gasteiger partial charge in [-0.05, 0) is 43.4 Å². The molecule has 1 aromatic heterocycles. The highest BCUT2D eigenvalue weighted by Crippen LogP contribution is 2.36. The van der Waals surface area contributed by atoms with Gasteiger partial charge < -0.3 is 10.0 Å². The van der Waals surface area contributed by atoms with Crippen LogP contribution in [0.4, 0.5) is 5.82 Å². The quantitative estimate of drug-likeness (QED) is 0.919. The molecule has 0 aliphatic carbocycles. The maximum atomic E-state index is 10.1. The SMILES string of the molecule is N#Cc1ccnc(N2CCC[C@@](CO)(CCc3ccccc3)C2)c1. The van der Waals surface area contributed by atoms with Crippen LogP contribution in [0, 0.1) is 16.7 Å². The first-order valence-corrected chi connectivity index (χ1v) is 8.51. The van der Waals surface area contributed by atoms with Crippen LogP contribution in [0.2, 0.25) is 0 Å². The molecule has 0 unspecified atom stereocenters. The van der Waals surface area contributed by atoms with Crippen molar-refractivity contribution in [2.75, 3.05) is 24.6 Å². The number of rotatable bonds is 5. The predicted octanol–water partition coefficient (Wildman–Crippen LogP) is 3.16. The fraction of sp³-hybridized carbons (Fsp3) is 0.400. The van der Waals surface area contributed by atoms with Gasteiger partial charge in [0.05, 0.1) is 18.2 Å². The Morgan fingerprint density at radius 1 is 1.25 bits per heavy atom. The Bertz CT molecular complexity index is 710. The standard InChI is InChI=1S/C20H23N3O/c21-14-18-8-11-22-19(13-18)23-12-4-9-20(15-23,16-24)10-7-17-5-2-1-3-6-17/h1-3,5-6,8,11,13,24H,4,7,9-10,12,15-16H2/t20-/m1/s1. The summed E-state index contributed by atoms with van der Waals surface area (Å²) >= 11 is 0. The summed E-state index contributed by atoms with van der Waals surface area (Å²) in [5.74, 6) is 0.839. The van der Waals surface area contributed by atoms with Crippen molar-refractivity contribution in [1.29, 1.82) is 5.26 Å². The summed E-state index contributed by atoms with van der Waals surface area (Å²) < 4.78 is 0. The van der Waals surface area contributed by atoms with Crippen LogP contribution in [-0.2, 0) is 6.42 Å². The van der Waals surface area contributed by atoms with E-state index in [1.807, 2.05) is 12.1 Å². The Hall–Kier alpha value is -2.38. The van der Waals surface area contributed by atoms with Gasteiger partial charge in [-0.15, -0.1) is 0 Å². The summed E-state index contributed by atoms with van der Waals surface area (Å²) in [5.41, 5.74) is 1.84. The van der Waals surface area contributed by atoms with Crippen molar-refractivity contribution in [2.24, 2.45) is 5.41 Å². The minimum Gasteiger partial charge on any atom is -0.396 e. The third-order valence-electron chi connectivity index (χ3n) is 4.98. The van der Waals surface area contributed by atoms with E-state index >= 15 is 0 Å². The van der Waals surface area contributed by atoms with Gasteiger partial charge in [-0.25, -0.2) is 4.98 Å². The van der Waals surface area contributed by atoms with E-state index in [1.165, 1.54) is 5.56 Å². The van der Waals surface area contributed by atoms with Crippen LogP contribution >= 0.6 is 0 Å². The number of hydrogen-bond donors (Lipinski definition) is 1. The lowest BCUT2D eigenvalue weighted by molar-refractivity contribution is 0.0963. The number of aromatic nitrogens is 1. The third kappa shape index (κ3) is 3.74. The number of nitrogens with zero attached hydrogens (tertiary/aromatic N) is 3. The molecule has 1 atom stereocenters. The first-order valence-electron chi connectivity index (χ1n) is 8.51. The van der Waals surface area contributed by atoms with Gasteiger partial charge in [0.1, 0.15) is 5.82 Å². The molecular weight excluding hydrogens is 298 g/mol. The highest BCUT2D eigenvalue weighted by Gasteiger charge is 2.35. The molecule has 0 amide bonds. The molecular formula is C20H23N3O. The molecule has 24 heavy (non-hydrogen) atoms.